The first-order valence-corrected chi connectivity index (χ1v) is 4.53. The van der Waals surface area contributed by atoms with E-state index in [0.717, 1.165) is 19.4 Å². The highest BCUT2D eigenvalue weighted by atomic mass is 14.9. The Kier molecular flexibility index (Phi) is 5.66. The largest absolute Gasteiger partial charge is 0.317 e. The lowest BCUT2D eigenvalue weighted by molar-refractivity contribution is 0.314. The van der Waals surface area contributed by atoms with E-state index in [1.807, 2.05) is 0 Å². The minimum absolute atomic E-state index is 0.434. The molecule has 11 heavy (non-hydrogen) atoms. The molecule has 1 N–H and O–H groups in total. The molecule has 0 amide bonds. The number of rotatable bonds is 6. The zero-order valence-electron chi connectivity index (χ0n) is 8.11. The van der Waals surface area contributed by atoms with Gasteiger partial charge in [-0.1, -0.05) is 33.5 Å². The Morgan fingerprint density at radius 1 is 1.36 bits per heavy atom. The molecule has 0 rings (SSSR count). The molecule has 0 aliphatic carbocycles. The van der Waals surface area contributed by atoms with Gasteiger partial charge in [0.2, 0.25) is 0 Å². The molecule has 0 unspecified atom stereocenters. The van der Waals surface area contributed by atoms with Crippen molar-refractivity contribution < 1.29 is 0 Å². The van der Waals surface area contributed by atoms with Crippen molar-refractivity contribution in [1.82, 2.24) is 5.32 Å². The molecule has 2 heteroatoms. The van der Waals surface area contributed by atoms with Gasteiger partial charge in [0, 0.05) is 6.54 Å². The summed E-state index contributed by atoms with van der Waals surface area (Å²) in [5.41, 5.74) is 0.434. The Morgan fingerprint density at radius 2 is 2.00 bits per heavy atom. The number of nitrogens with one attached hydrogen (secondary N) is 1. The van der Waals surface area contributed by atoms with Crippen molar-refractivity contribution >= 4 is 7.85 Å². The lowest BCUT2D eigenvalue weighted by Gasteiger charge is -2.24. The molecule has 0 saturated heterocycles. The van der Waals surface area contributed by atoms with Crippen LogP contribution in [-0.2, 0) is 0 Å². The molecule has 0 aromatic rings. The van der Waals surface area contributed by atoms with Gasteiger partial charge in [0.15, 0.2) is 0 Å². The minimum Gasteiger partial charge on any atom is -0.317 e. The predicted molar refractivity (Wildman–Crippen MR) is 52.1 cm³/mol. The smallest absolute Gasteiger partial charge is 0.0670 e. The Labute approximate surface area is 72.4 Å². The van der Waals surface area contributed by atoms with Crippen LogP contribution in [0.3, 0.4) is 0 Å². The molecule has 0 saturated carbocycles. The van der Waals surface area contributed by atoms with Crippen molar-refractivity contribution in [2.24, 2.45) is 5.41 Å². The fourth-order valence-corrected chi connectivity index (χ4v) is 1.29. The van der Waals surface area contributed by atoms with Crippen LogP contribution in [0.2, 0.25) is 6.32 Å². The second kappa shape index (κ2) is 5.65. The summed E-state index contributed by atoms with van der Waals surface area (Å²) < 4.78 is 0. The van der Waals surface area contributed by atoms with Crippen LogP contribution >= 0.6 is 0 Å². The van der Waals surface area contributed by atoms with Crippen LogP contribution in [0.15, 0.2) is 0 Å². The quantitative estimate of drug-likeness (QED) is 0.454. The van der Waals surface area contributed by atoms with E-state index >= 15 is 0 Å². The Bertz CT molecular complexity index is 91.6. The van der Waals surface area contributed by atoms with Gasteiger partial charge in [-0.3, -0.25) is 0 Å². The van der Waals surface area contributed by atoms with E-state index in [-0.39, 0.29) is 0 Å². The zero-order valence-corrected chi connectivity index (χ0v) is 8.11. The standard InChI is InChI=1S/C9H20BN/c1-4-5-9(2,3)8-11-7-6-10/h11H,4-8H2,1-3H3. The summed E-state index contributed by atoms with van der Waals surface area (Å²) in [6.45, 7) is 8.83. The molecule has 0 bridgehead atoms. The summed E-state index contributed by atoms with van der Waals surface area (Å²) in [4.78, 5) is 0. The normalized spacial score (nSPS) is 11.9. The molecular weight excluding hydrogens is 133 g/mol. The molecule has 64 valence electrons. The van der Waals surface area contributed by atoms with E-state index in [4.69, 9.17) is 7.85 Å². The SMILES string of the molecule is [B]CCNCC(C)(C)CCC. The predicted octanol–water partition coefficient (Wildman–Crippen LogP) is 1.99. The highest BCUT2D eigenvalue weighted by Crippen LogP contribution is 2.20. The molecule has 1 nitrogen and oxygen atoms in total. The third-order valence-corrected chi connectivity index (χ3v) is 1.85. The van der Waals surface area contributed by atoms with Crippen LogP contribution in [0.5, 0.6) is 0 Å². The van der Waals surface area contributed by atoms with Crippen molar-refractivity contribution in [2.45, 2.75) is 39.9 Å². The molecule has 0 spiro atoms. The topological polar surface area (TPSA) is 12.0 Å². The van der Waals surface area contributed by atoms with Gasteiger partial charge in [-0.05, 0) is 18.4 Å². The zero-order chi connectivity index (χ0) is 8.74. The van der Waals surface area contributed by atoms with Gasteiger partial charge in [-0.2, -0.15) is 0 Å². The van der Waals surface area contributed by atoms with Crippen molar-refractivity contribution in [3.05, 3.63) is 0 Å². The maximum atomic E-state index is 5.37. The third-order valence-electron chi connectivity index (χ3n) is 1.85. The van der Waals surface area contributed by atoms with E-state index in [0.29, 0.717) is 5.41 Å². The van der Waals surface area contributed by atoms with E-state index in [9.17, 15) is 0 Å². The molecule has 0 aromatic carbocycles. The molecular formula is C9H20BN. The molecule has 2 radical (unpaired) electrons. The first-order valence-electron chi connectivity index (χ1n) is 4.53. The van der Waals surface area contributed by atoms with Crippen molar-refractivity contribution in [3.63, 3.8) is 0 Å². The molecule has 0 aliphatic heterocycles. The third kappa shape index (κ3) is 6.42. The van der Waals surface area contributed by atoms with Crippen molar-refractivity contribution in [1.29, 1.82) is 0 Å². The fourth-order valence-electron chi connectivity index (χ4n) is 1.29. The van der Waals surface area contributed by atoms with Crippen LogP contribution in [0.4, 0.5) is 0 Å². The van der Waals surface area contributed by atoms with E-state index < -0.39 is 0 Å². The number of hydrogen-bond acceptors (Lipinski definition) is 1. The monoisotopic (exact) mass is 153 g/mol. The van der Waals surface area contributed by atoms with E-state index in [2.05, 4.69) is 26.1 Å². The van der Waals surface area contributed by atoms with Crippen LogP contribution in [0.25, 0.3) is 0 Å². The second-order valence-electron chi connectivity index (χ2n) is 3.88. The summed E-state index contributed by atoms with van der Waals surface area (Å²) in [5.74, 6) is 0. The van der Waals surface area contributed by atoms with Gasteiger partial charge in [-0.25, -0.2) is 0 Å². The van der Waals surface area contributed by atoms with Gasteiger partial charge in [-0.15, -0.1) is 0 Å². The van der Waals surface area contributed by atoms with Crippen LogP contribution in [0, 0.1) is 5.41 Å². The van der Waals surface area contributed by atoms with Gasteiger partial charge in [0.05, 0.1) is 7.85 Å². The second-order valence-corrected chi connectivity index (χ2v) is 3.88. The molecule has 0 fully saturated rings. The molecule has 0 atom stereocenters. The Morgan fingerprint density at radius 3 is 2.45 bits per heavy atom. The first kappa shape index (κ1) is 11.0. The van der Waals surface area contributed by atoms with Crippen molar-refractivity contribution in [3.8, 4) is 0 Å². The van der Waals surface area contributed by atoms with Gasteiger partial charge in [0.1, 0.15) is 0 Å². The average Bonchev–Trinajstić information content (AvgIpc) is 1.87. The summed E-state index contributed by atoms with van der Waals surface area (Å²) in [6.07, 6.45) is 3.28. The summed E-state index contributed by atoms with van der Waals surface area (Å²) in [5, 5.41) is 3.34. The van der Waals surface area contributed by atoms with Crippen LogP contribution < -0.4 is 5.32 Å². The molecule has 0 heterocycles. The van der Waals surface area contributed by atoms with Gasteiger partial charge < -0.3 is 5.32 Å². The summed E-state index contributed by atoms with van der Waals surface area (Å²) >= 11 is 0. The Balaban J connectivity index is 3.38. The molecule has 0 aliphatic rings. The van der Waals surface area contributed by atoms with Gasteiger partial charge >= 0.3 is 0 Å². The lowest BCUT2D eigenvalue weighted by atomic mass is 9.88. The van der Waals surface area contributed by atoms with Crippen molar-refractivity contribution in [2.75, 3.05) is 13.1 Å². The average molecular weight is 153 g/mol. The first-order chi connectivity index (χ1) is 5.12. The van der Waals surface area contributed by atoms with E-state index in [1.165, 1.54) is 12.8 Å². The van der Waals surface area contributed by atoms with Crippen LogP contribution in [0.1, 0.15) is 33.6 Å². The number of hydrogen-bond donors (Lipinski definition) is 1. The van der Waals surface area contributed by atoms with E-state index in [1.54, 1.807) is 0 Å². The summed E-state index contributed by atoms with van der Waals surface area (Å²) in [6, 6.07) is 0. The minimum atomic E-state index is 0.434. The highest BCUT2D eigenvalue weighted by Gasteiger charge is 2.14. The molecule has 0 aromatic heterocycles. The van der Waals surface area contributed by atoms with Gasteiger partial charge in [0.25, 0.3) is 0 Å². The highest BCUT2D eigenvalue weighted by molar-refractivity contribution is 6.08. The van der Waals surface area contributed by atoms with Crippen LogP contribution in [-0.4, -0.2) is 20.9 Å². The maximum Gasteiger partial charge on any atom is 0.0670 e. The Hall–Kier alpha value is 0.0249. The maximum absolute atomic E-state index is 5.37. The lowest BCUT2D eigenvalue weighted by Crippen LogP contribution is -2.29. The summed E-state index contributed by atoms with van der Waals surface area (Å²) in [7, 11) is 5.37. The fraction of sp³-hybridized carbons (Fsp3) is 1.00.